The van der Waals surface area contributed by atoms with Crippen LogP contribution < -0.4 is 16.0 Å². The number of hydrogen-bond donors (Lipinski definition) is 4. The molecule has 0 unspecified atom stereocenters. The fourth-order valence-corrected chi connectivity index (χ4v) is 3.51. The van der Waals surface area contributed by atoms with Gasteiger partial charge in [0.05, 0.1) is 6.10 Å². The zero-order chi connectivity index (χ0) is 19.5. The van der Waals surface area contributed by atoms with Crippen LogP contribution >= 0.6 is 0 Å². The highest BCUT2D eigenvalue weighted by Crippen LogP contribution is 2.23. The SMILES string of the molecule is CNC(=O)c1cccc(Nc2nc3cccc(N[C@H]4CC[C@@H](O)CC4)n3n2)c1. The highest BCUT2D eigenvalue weighted by atomic mass is 16.3. The van der Waals surface area contributed by atoms with E-state index in [9.17, 15) is 9.90 Å². The van der Waals surface area contributed by atoms with Crippen LogP contribution in [0.2, 0.25) is 0 Å². The van der Waals surface area contributed by atoms with E-state index in [1.165, 1.54) is 0 Å². The number of pyridine rings is 1. The molecule has 0 radical (unpaired) electrons. The van der Waals surface area contributed by atoms with Gasteiger partial charge in [-0.15, -0.1) is 5.10 Å². The number of aliphatic hydroxyl groups excluding tert-OH is 1. The number of nitrogens with one attached hydrogen (secondary N) is 3. The van der Waals surface area contributed by atoms with Crippen molar-refractivity contribution in [2.75, 3.05) is 17.7 Å². The first kappa shape index (κ1) is 18.2. The summed E-state index contributed by atoms with van der Waals surface area (Å²) >= 11 is 0. The molecule has 2 aromatic heterocycles. The largest absolute Gasteiger partial charge is 0.393 e. The smallest absolute Gasteiger partial charge is 0.251 e. The molecule has 8 nitrogen and oxygen atoms in total. The summed E-state index contributed by atoms with van der Waals surface area (Å²) in [5, 5.41) is 23.6. The molecule has 28 heavy (non-hydrogen) atoms. The van der Waals surface area contributed by atoms with Crippen LogP contribution in [0.25, 0.3) is 5.65 Å². The van der Waals surface area contributed by atoms with Crippen molar-refractivity contribution in [3.63, 3.8) is 0 Å². The first-order valence-corrected chi connectivity index (χ1v) is 9.52. The number of fused-ring (bicyclic) bond motifs is 1. The number of anilines is 3. The lowest BCUT2D eigenvalue weighted by Gasteiger charge is -2.26. The van der Waals surface area contributed by atoms with E-state index in [0.29, 0.717) is 17.6 Å². The van der Waals surface area contributed by atoms with Gasteiger partial charge in [0.25, 0.3) is 5.91 Å². The number of carbonyl (C=O) groups excluding carboxylic acids is 1. The minimum absolute atomic E-state index is 0.143. The summed E-state index contributed by atoms with van der Waals surface area (Å²) in [4.78, 5) is 16.3. The molecule has 0 saturated heterocycles. The molecule has 2 heterocycles. The maximum atomic E-state index is 11.8. The van der Waals surface area contributed by atoms with E-state index >= 15 is 0 Å². The third-order valence-corrected chi connectivity index (χ3v) is 5.02. The van der Waals surface area contributed by atoms with Crippen LogP contribution in [0.5, 0.6) is 0 Å². The number of rotatable bonds is 5. The minimum atomic E-state index is -0.179. The van der Waals surface area contributed by atoms with Crippen LogP contribution in [-0.2, 0) is 0 Å². The first-order valence-electron chi connectivity index (χ1n) is 9.52. The molecular formula is C20H24N6O2. The Morgan fingerprint density at radius 3 is 2.71 bits per heavy atom. The van der Waals surface area contributed by atoms with E-state index in [4.69, 9.17) is 0 Å². The predicted molar refractivity (Wildman–Crippen MR) is 108 cm³/mol. The van der Waals surface area contributed by atoms with Gasteiger partial charge in [0, 0.05) is 24.3 Å². The zero-order valence-electron chi connectivity index (χ0n) is 15.7. The maximum absolute atomic E-state index is 11.8. The summed E-state index contributed by atoms with van der Waals surface area (Å²) in [6.07, 6.45) is 3.33. The summed E-state index contributed by atoms with van der Waals surface area (Å²) < 4.78 is 1.77. The second-order valence-corrected chi connectivity index (χ2v) is 7.05. The van der Waals surface area contributed by atoms with E-state index in [1.54, 1.807) is 23.7 Å². The van der Waals surface area contributed by atoms with Gasteiger partial charge in [-0.2, -0.15) is 9.50 Å². The predicted octanol–water partition coefficient (Wildman–Crippen LogP) is 2.55. The van der Waals surface area contributed by atoms with Crippen LogP contribution in [0.4, 0.5) is 17.5 Å². The molecule has 4 N–H and O–H groups in total. The third kappa shape index (κ3) is 3.91. The van der Waals surface area contributed by atoms with E-state index in [1.807, 2.05) is 30.3 Å². The number of aromatic nitrogens is 3. The van der Waals surface area contributed by atoms with Crippen molar-refractivity contribution in [1.82, 2.24) is 19.9 Å². The second kappa shape index (κ2) is 7.85. The normalized spacial score (nSPS) is 19.4. The molecule has 1 aliphatic carbocycles. The molecule has 0 bridgehead atoms. The van der Waals surface area contributed by atoms with E-state index in [-0.39, 0.29) is 12.0 Å². The van der Waals surface area contributed by atoms with Gasteiger partial charge < -0.3 is 21.1 Å². The van der Waals surface area contributed by atoms with Gasteiger partial charge in [-0.25, -0.2) is 0 Å². The monoisotopic (exact) mass is 380 g/mol. The molecule has 8 heteroatoms. The zero-order valence-corrected chi connectivity index (χ0v) is 15.7. The van der Waals surface area contributed by atoms with Crippen molar-refractivity contribution in [2.45, 2.75) is 37.8 Å². The molecule has 1 aliphatic rings. The Morgan fingerprint density at radius 2 is 1.93 bits per heavy atom. The topological polar surface area (TPSA) is 104 Å². The molecule has 1 saturated carbocycles. The number of nitrogens with zero attached hydrogens (tertiary/aromatic N) is 3. The molecule has 0 atom stereocenters. The van der Waals surface area contributed by atoms with Gasteiger partial charge in [-0.05, 0) is 56.0 Å². The van der Waals surface area contributed by atoms with E-state index in [0.717, 1.165) is 42.8 Å². The van der Waals surface area contributed by atoms with E-state index in [2.05, 4.69) is 26.0 Å². The molecule has 1 amide bonds. The Bertz CT molecular complexity index is 978. The van der Waals surface area contributed by atoms with Gasteiger partial charge in [-0.1, -0.05) is 12.1 Å². The summed E-state index contributed by atoms with van der Waals surface area (Å²) in [6.45, 7) is 0. The standard InChI is InChI=1S/C20H24N6O2/c1-21-19(28)13-4-2-5-15(12-13)23-20-24-18-7-3-6-17(26(18)25-20)22-14-8-10-16(27)11-9-14/h2-7,12,14,16,22,27H,8-11H2,1H3,(H,21,28)(H,23,25)/t14-,16+. The van der Waals surface area contributed by atoms with E-state index < -0.39 is 0 Å². The average molecular weight is 380 g/mol. The van der Waals surface area contributed by atoms with Crippen LogP contribution in [0.3, 0.4) is 0 Å². The highest BCUT2D eigenvalue weighted by Gasteiger charge is 2.20. The Labute approximate surface area is 163 Å². The van der Waals surface area contributed by atoms with Crippen LogP contribution in [0.15, 0.2) is 42.5 Å². The highest BCUT2D eigenvalue weighted by molar-refractivity contribution is 5.95. The van der Waals surface area contributed by atoms with Gasteiger partial charge >= 0.3 is 0 Å². The van der Waals surface area contributed by atoms with Gasteiger partial charge in [-0.3, -0.25) is 4.79 Å². The Hall–Kier alpha value is -3.13. The molecule has 146 valence electrons. The number of aliphatic hydroxyl groups is 1. The summed E-state index contributed by atoms with van der Waals surface area (Å²) in [5.74, 6) is 1.19. The van der Waals surface area contributed by atoms with Gasteiger partial charge in [0.1, 0.15) is 5.82 Å². The second-order valence-electron chi connectivity index (χ2n) is 7.05. The lowest BCUT2D eigenvalue weighted by molar-refractivity contribution is 0.0963. The van der Waals surface area contributed by atoms with Crippen molar-refractivity contribution in [1.29, 1.82) is 0 Å². The summed E-state index contributed by atoms with van der Waals surface area (Å²) in [6, 6.07) is 13.3. The number of benzene rings is 1. The number of hydrogen-bond acceptors (Lipinski definition) is 6. The minimum Gasteiger partial charge on any atom is -0.393 e. The van der Waals surface area contributed by atoms with Crippen molar-refractivity contribution in [2.24, 2.45) is 0 Å². The van der Waals surface area contributed by atoms with Crippen molar-refractivity contribution in [3.05, 3.63) is 48.0 Å². The fourth-order valence-electron chi connectivity index (χ4n) is 3.51. The van der Waals surface area contributed by atoms with Crippen molar-refractivity contribution < 1.29 is 9.90 Å². The molecular weight excluding hydrogens is 356 g/mol. The molecule has 1 aromatic carbocycles. The van der Waals surface area contributed by atoms with Crippen LogP contribution in [-0.4, -0.2) is 44.8 Å². The van der Waals surface area contributed by atoms with Crippen molar-refractivity contribution in [3.8, 4) is 0 Å². The molecule has 4 rings (SSSR count). The maximum Gasteiger partial charge on any atom is 0.251 e. The first-order chi connectivity index (χ1) is 13.6. The Balaban J connectivity index is 1.54. The summed E-state index contributed by atoms with van der Waals surface area (Å²) in [5.41, 5.74) is 2.04. The Morgan fingerprint density at radius 1 is 1.14 bits per heavy atom. The molecule has 3 aromatic rings. The van der Waals surface area contributed by atoms with Crippen molar-refractivity contribution >= 4 is 29.0 Å². The number of carbonyl (C=O) groups is 1. The Kier molecular flexibility index (Phi) is 5.12. The van der Waals surface area contributed by atoms with Gasteiger partial charge in [0.2, 0.25) is 5.95 Å². The summed E-state index contributed by atoms with van der Waals surface area (Å²) in [7, 11) is 1.60. The fraction of sp³-hybridized carbons (Fsp3) is 0.350. The van der Waals surface area contributed by atoms with Gasteiger partial charge in [0.15, 0.2) is 5.65 Å². The molecule has 1 fully saturated rings. The average Bonchev–Trinajstić information content (AvgIpc) is 3.12. The third-order valence-electron chi connectivity index (χ3n) is 5.02. The van der Waals surface area contributed by atoms with Crippen LogP contribution in [0, 0.1) is 0 Å². The quantitative estimate of drug-likeness (QED) is 0.542. The van der Waals surface area contributed by atoms with Crippen LogP contribution in [0.1, 0.15) is 36.0 Å². The lowest BCUT2D eigenvalue weighted by atomic mass is 9.93. The molecule has 0 spiro atoms. The number of amides is 1. The lowest BCUT2D eigenvalue weighted by Crippen LogP contribution is -2.29. The molecule has 0 aliphatic heterocycles.